The summed E-state index contributed by atoms with van der Waals surface area (Å²) in [5.74, 6) is -1.74. The van der Waals surface area contributed by atoms with Gasteiger partial charge in [-0.05, 0) is 31.6 Å². The highest BCUT2D eigenvalue weighted by molar-refractivity contribution is 7.52. The molecule has 0 radical (unpaired) electrons. The van der Waals surface area contributed by atoms with E-state index in [0.29, 0.717) is 25.7 Å². The van der Waals surface area contributed by atoms with E-state index in [4.69, 9.17) is 33.7 Å². The van der Waals surface area contributed by atoms with E-state index in [9.17, 15) is 24.1 Å². The minimum absolute atomic E-state index is 0.0274. The van der Waals surface area contributed by atoms with Crippen LogP contribution < -0.4 is 5.73 Å². The second-order valence-corrected chi connectivity index (χ2v) is 12.0. The van der Waals surface area contributed by atoms with Crippen LogP contribution in [-0.2, 0) is 37.4 Å². The molecule has 0 aromatic carbocycles. The summed E-state index contributed by atoms with van der Waals surface area (Å²) in [5.41, 5.74) is 6.19. The van der Waals surface area contributed by atoms with Gasteiger partial charge >= 0.3 is 26.0 Å². The summed E-state index contributed by atoms with van der Waals surface area (Å²) in [6, 6.07) is -1.04. The van der Waals surface area contributed by atoms with Gasteiger partial charge in [0.05, 0.1) is 13.2 Å². The SMILES string of the molecule is CCCCCOC(=O)OC(CC)OP(=O)(N=C(N)N(C)C(C(=O)O)C1CCCCC1)OC(CC)OC(=O)OCCCCC. The van der Waals surface area contributed by atoms with Crippen LogP contribution in [-0.4, -0.2) is 73.1 Å². The average Bonchev–Trinajstić information content (AvgIpc) is 2.97. The average molecular weight is 638 g/mol. The highest BCUT2D eigenvalue weighted by Crippen LogP contribution is 2.53. The third-order valence-corrected chi connectivity index (χ3v) is 8.37. The molecule has 0 spiro atoms. The van der Waals surface area contributed by atoms with Gasteiger partial charge in [-0.25, -0.2) is 28.0 Å². The summed E-state index contributed by atoms with van der Waals surface area (Å²) in [7, 11) is -3.28. The molecule has 1 rings (SSSR count). The lowest BCUT2D eigenvalue weighted by molar-refractivity contribution is -0.143. The first kappa shape index (κ1) is 38.5. The van der Waals surface area contributed by atoms with Crippen molar-refractivity contribution in [3.8, 4) is 0 Å². The van der Waals surface area contributed by atoms with Gasteiger partial charge < -0.3 is 34.7 Å². The molecule has 0 bridgehead atoms. The number of hydrogen-bond acceptors (Lipinski definition) is 10. The molecule has 14 nitrogen and oxygen atoms in total. The number of rotatable bonds is 20. The Balaban J connectivity index is 3.20. The van der Waals surface area contributed by atoms with E-state index in [2.05, 4.69) is 4.76 Å². The van der Waals surface area contributed by atoms with Crippen LogP contribution in [0.5, 0.6) is 0 Å². The first-order valence-electron chi connectivity index (χ1n) is 15.4. The Morgan fingerprint density at radius 2 is 1.33 bits per heavy atom. The van der Waals surface area contributed by atoms with Gasteiger partial charge in [0.15, 0.2) is 0 Å². The molecular weight excluding hydrogens is 585 g/mol. The molecule has 0 aliphatic heterocycles. The van der Waals surface area contributed by atoms with Crippen molar-refractivity contribution in [3.63, 3.8) is 0 Å². The molecule has 1 saturated carbocycles. The topological polar surface area (TPSA) is 186 Å². The van der Waals surface area contributed by atoms with Crippen molar-refractivity contribution in [2.75, 3.05) is 20.3 Å². The molecule has 1 aliphatic rings. The largest absolute Gasteiger partial charge is 0.510 e. The van der Waals surface area contributed by atoms with Crippen molar-refractivity contribution >= 4 is 32.0 Å². The third kappa shape index (κ3) is 15.1. The molecule has 0 aromatic rings. The lowest BCUT2D eigenvalue weighted by Crippen LogP contribution is -2.50. The fourth-order valence-corrected chi connectivity index (χ4v) is 6.01. The van der Waals surface area contributed by atoms with E-state index in [0.717, 1.165) is 44.9 Å². The number of carboxylic acids is 1. The first-order valence-corrected chi connectivity index (χ1v) is 16.9. The van der Waals surface area contributed by atoms with Crippen LogP contribution in [0.1, 0.15) is 111 Å². The molecule has 3 atom stereocenters. The highest BCUT2D eigenvalue weighted by Gasteiger charge is 2.38. The summed E-state index contributed by atoms with van der Waals surface area (Å²) in [5, 5.41) is 9.99. The van der Waals surface area contributed by atoms with Gasteiger partial charge in [0.2, 0.25) is 18.5 Å². The summed E-state index contributed by atoms with van der Waals surface area (Å²) < 4.78 is 49.6. The number of carboxylic acid groups (broad SMARTS) is 1. The molecule has 0 saturated heterocycles. The number of nitrogens with zero attached hydrogens (tertiary/aromatic N) is 2. The second-order valence-electron chi connectivity index (χ2n) is 10.5. The standard InChI is InChI=1S/C28H52N3O11P/c1-6-10-15-19-37-27(34)39-22(8-3)41-43(36,42-23(9-4)40-28(35)38-20-16-11-7-2)30-26(29)31(5)24(25(32)33)21-17-13-12-14-18-21/h21-24H,6-20H2,1-5H3,(H,32,33)(H2,29,30,36). The van der Waals surface area contributed by atoms with Crippen molar-refractivity contribution < 1.29 is 52.1 Å². The Morgan fingerprint density at radius 1 is 0.860 bits per heavy atom. The van der Waals surface area contributed by atoms with Gasteiger partial charge in [0.25, 0.3) is 0 Å². The maximum atomic E-state index is 14.0. The number of nitrogens with two attached hydrogens (primary N) is 1. The van der Waals surface area contributed by atoms with E-state index in [-0.39, 0.29) is 32.0 Å². The fourth-order valence-electron chi connectivity index (χ4n) is 4.50. The summed E-state index contributed by atoms with van der Waals surface area (Å²) in [6.45, 7) is 7.49. The summed E-state index contributed by atoms with van der Waals surface area (Å²) >= 11 is 0. The number of likely N-dealkylation sites (N-methyl/N-ethyl adjacent to an activating group) is 1. The maximum absolute atomic E-state index is 14.0. The third-order valence-electron chi connectivity index (χ3n) is 6.91. The second kappa shape index (κ2) is 21.2. The minimum atomic E-state index is -4.71. The number of guanidine groups is 1. The lowest BCUT2D eigenvalue weighted by Gasteiger charge is -2.34. The van der Waals surface area contributed by atoms with Crippen LogP contribution in [0.15, 0.2) is 4.76 Å². The van der Waals surface area contributed by atoms with E-state index in [1.807, 2.05) is 13.8 Å². The zero-order valence-electron chi connectivity index (χ0n) is 26.4. The number of carbonyl (C=O) groups is 3. The van der Waals surface area contributed by atoms with Crippen LogP contribution in [0.3, 0.4) is 0 Å². The van der Waals surface area contributed by atoms with Crippen LogP contribution in [0, 0.1) is 5.92 Å². The number of hydrogen-bond donors (Lipinski definition) is 2. The van der Waals surface area contributed by atoms with Crippen LogP contribution in [0.2, 0.25) is 0 Å². The Bertz CT molecular complexity index is 874. The van der Waals surface area contributed by atoms with E-state index < -0.39 is 50.6 Å². The lowest BCUT2D eigenvalue weighted by atomic mass is 9.83. The van der Waals surface area contributed by atoms with E-state index in [1.165, 1.54) is 11.9 Å². The molecule has 3 N–H and O–H groups in total. The van der Waals surface area contributed by atoms with Crippen LogP contribution in [0.25, 0.3) is 0 Å². The highest BCUT2D eigenvalue weighted by atomic mass is 31.2. The smallest absolute Gasteiger partial charge is 0.480 e. The fraction of sp³-hybridized carbons (Fsp3) is 0.857. The van der Waals surface area contributed by atoms with Gasteiger partial charge in [0, 0.05) is 19.9 Å². The van der Waals surface area contributed by atoms with Gasteiger partial charge in [-0.1, -0.05) is 72.6 Å². The van der Waals surface area contributed by atoms with Crippen molar-refractivity contribution in [3.05, 3.63) is 0 Å². The molecule has 15 heteroatoms. The Kier molecular flexibility index (Phi) is 18.9. The van der Waals surface area contributed by atoms with Crippen molar-refractivity contribution in [2.45, 2.75) is 130 Å². The summed E-state index contributed by atoms with van der Waals surface area (Å²) in [4.78, 5) is 37.9. The number of ether oxygens (including phenoxy) is 4. The molecule has 0 heterocycles. The first-order chi connectivity index (χ1) is 20.5. The Hall–Kier alpha value is -2.57. The monoisotopic (exact) mass is 637 g/mol. The minimum Gasteiger partial charge on any atom is -0.480 e. The molecule has 3 unspecified atom stereocenters. The van der Waals surface area contributed by atoms with Gasteiger partial charge in [-0.3, -0.25) is 0 Å². The number of unbranched alkanes of at least 4 members (excludes halogenated alkanes) is 4. The van der Waals surface area contributed by atoms with Crippen LogP contribution in [0.4, 0.5) is 9.59 Å². The van der Waals surface area contributed by atoms with E-state index >= 15 is 0 Å². The van der Waals surface area contributed by atoms with Crippen molar-refractivity contribution in [1.29, 1.82) is 0 Å². The zero-order chi connectivity index (χ0) is 32.3. The van der Waals surface area contributed by atoms with Crippen molar-refractivity contribution in [2.24, 2.45) is 16.4 Å². The predicted molar refractivity (Wildman–Crippen MR) is 159 cm³/mol. The van der Waals surface area contributed by atoms with Crippen molar-refractivity contribution in [1.82, 2.24) is 4.90 Å². The Labute approximate surface area is 255 Å². The molecule has 0 aromatic heterocycles. The molecule has 250 valence electrons. The molecule has 0 amide bonds. The predicted octanol–water partition coefficient (Wildman–Crippen LogP) is 6.57. The maximum Gasteiger partial charge on any atom is 0.510 e. The quantitative estimate of drug-likeness (QED) is 0.0365. The van der Waals surface area contributed by atoms with Crippen LogP contribution >= 0.6 is 7.75 Å². The molecule has 1 aliphatic carbocycles. The zero-order valence-corrected chi connectivity index (χ0v) is 27.3. The van der Waals surface area contributed by atoms with Gasteiger partial charge in [0.1, 0.15) is 6.04 Å². The Morgan fingerprint density at radius 3 is 1.72 bits per heavy atom. The molecule has 1 fully saturated rings. The number of aliphatic carboxylic acids is 1. The van der Waals surface area contributed by atoms with Gasteiger partial charge in [-0.2, -0.15) is 0 Å². The normalized spacial score (nSPS) is 17.7. The molecular formula is C28H52N3O11P. The van der Waals surface area contributed by atoms with E-state index in [1.54, 1.807) is 13.8 Å². The summed E-state index contributed by atoms with van der Waals surface area (Å²) in [6.07, 6.45) is 4.19. The van der Waals surface area contributed by atoms with Gasteiger partial charge in [-0.15, -0.1) is 4.76 Å². The molecule has 43 heavy (non-hydrogen) atoms. The number of carbonyl (C=O) groups excluding carboxylic acids is 2.